The molecular formula is C13H20N4O3. The molecule has 110 valence electrons. The van der Waals surface area contributed by atoms with Crippen molar-refractivity contribution in [2.45, 2.75) is 31.8 Å². The molecule has 0 unspecified atom stereocenters. The Morgan fingerprint density at radius 3 is 2.50 bits per heavy atom. The Bertz CT molecular complexity index is 441. The first-order valence-corrected chi connectivity index (χ1v) is 6.66. The summed E-state index contributed by atoms with van der Waals surface area (Å²) >= 11 is 0. The van der Waals surface area contributed by atoms with Crippen LogP contribution in [0.5, 0.6) is 11.8 Å². The molecule has 1 amide bonds. The van der Waals surface area contributed by atoms with Crippen LogP contribution in [0, 0.1) is 0 Å². The summed E-state index contributed by atoms with van der Waals surface area (Å²) in [5.41, 5.74) is 0.750. The number of hydrogen-bond acceptors (Lipinski definition) is 6. The Labute approximate surface area is 118 Å². The Hall–Kier alpha value is -1.89. The van der Waals surface area contributed by atoms with E-state index in [0.29, 0.717) is 37.3 Å². The van der Waals surface area contributed by atoms with Crippen LogP contribution in [0.4, 0.5) is 0 Å². The molecule has 20 heavy (non-hydrogen) atoms. The molecule has 1 aliphatic carbocycles. The van der Waals surface area contributed by atoms with Gasteiger partial charge in [-0.25, -0.2) is 9.97 Å². The van der Waals surface area contributed by atoms with Crippen molar-refractivity contribution in [3.63, 3.8) is 0 Å². The molecule has 1 aromatic rings. The third kappa shape index (κ3) is 4.06. The van der Waals surface area contributed by atoms with Gasteiger partial charge in [-0.05, 0) is 12.8 Å². The van der Waals surface area contributed by atoms with Gasteiger partial charge in [0.15, 0.2) is 0 Å². The highest BCUT2D eigenvalue weighted by Gasteiger charge is 2.22. The normalized spacial score (nSPS) is 13.9. The molecular weight excluding hydrogens is 260 g/mol. The first-order valence-electron chi connectivity index (χ1n) is 6.66. The highest BCUT2D eigenvalue weighted by atomic mass is 16.5. The number of carbonyl (C=O) groups is 1. The first-order chi connectivity index (χ1) is 9.74. The molecule has 2 N–H and O–H groups in total. The van der Waals surface area contributed by atoms with E-state index in [4.69, 9.17) is 9.47 Å². The minimum Gasteiger partial charge on any atom is -0.481 e. The van der Waals surface area contributed by atoms with E-state index in [2.05, 4.69) is 20.6 Å². The van der Waals surface area contributed by atoms with Crippen molar-refractivity contribution in [2.24, 2.45) is 0 Å². The van der Waals surface area contributed by atoms with E-state index in [1.54, 1.807) is 14.2 Å². The van der Waals surface area contributed by atoms with Crippen molar-refractivity contribution in [3.05, 3.63) is 11.9 Å². The van der Waals surface area contributed by atoms with E-state index in [1.807, 2.05) is 0 Å². The van der Waals surface area contributed by atoms with Crippen LogP contribution in [0.3, 0.4) is 0 Å². The van der Waals surface area contributed by atoms with Crippen LogP contribution < -0.4 is 20.1 Å². The summed E-state index contributed by atoms with van der Waals surface area (Å²) in [5, 5.41) is 6.12. The van der Waals surface area contributed by atoms with Crippen molar-refractivity contribution in [3.8, 4) is 11.8 Å². The Balaban J connectivity index is 1.79. The topological polar surface area (TPSA) is 85.4 Å². The summed E-state index contributed by atoms with van der Waals surface area (Å²) in [4.78, 5) is 19.6. The van der Waals surface area contributed by atoms with Gasteiger partial charge in [0.05, 0.1) is 19.8 Å². The Morgan fingerprint density at radius 1 is 1.30 bits per heavy atom. The molecule has 0 aliphatic heterocycles. The van der Waals surface area contributed by atoms with Gasteiger partial charge >= 0.3 is 0 Å². The number of amides is 1. The zero-order valence-corrected chi connectivity index (χ0v) is 11.8. The molecule has 0 atom stereocenters. The third-order valence-corrected chi connectivity index (χ3v) is 3.03. The fourth-order valence-electron chi connectivity index (χ4n) is 1.83. The van der Waals surface area contributed by atoms with Crippen LogP contribution in [0.2, 0.25) is 0 Å². The second kappa shape index (κ2) is 7.04. The SMILES string of the molecule is COc1ncnc(OC)c1CNCCC(=O)NC1CC1. The fourth-order valence-corrected chi connectivity index (χ4v) is 1.83. The maximum atomic E-state index is 11.5. The number of carbonyl (C=O) groups excluding carboxylic acids is 1. The number of rotatable bonds is 8. The van der Waals surface area contributed by atoms with Gasteiger partial charge in [-0.3, -0.25) is 4.79 Å². The number of methoxy groups -OCH3 is 2. The molecule has 1 heterocycles. The lowest BCUT2D eigenvalue weighted by molar-refractivity contribution is -0.121. The smallest absolute Gasteiger partial charge is 0.224 e. The fraction of sp³-hybridized carbons (Fsp3) is 0.615. The van der Waals surface area contributed by atoms with Crippen molar-refractivity contribution < 1.29 is 14.3 Å². The lowest BCUT2D eigenvalue weighted by Crippen LogP contribution is -2.29. The van der Waals surface area contributed by atoms with E-state index in [9.17, 15) is 4.79 Å². The van der Waals surface area contributed by atoms with Crippen LogP contribution in [0.15, 0.2) is 6.33 Å². The number of aromatic nitrogens is 2. The standard InChI is InChI=1S/C13H20N4O3/c1-19-12-10(13(20-2)16-8-15-12)7-14-6-5-11(18)17-9-3-4-9/h8-9,14H,3-7H2,1-2H3,(H,17,18). The maximum Gasteiger partial charge on any atom is 0.224 e. The van der Waals surface area contributed by atoms with Crippen LogP contribution in [-0.2, 0) is 11.3 Å². The number of hydrogen-bond donors (Lipinski definition) is 2. The molecule has 0 aromatic carbocycles. The Morgan fingerprint density at radius 2 is 1.95 bits per heavy atom. The van der Waals surface area contributed by atoms with Gasteiger partial charge in [0.2, 0.25) is 17.7 Å². The summed E-state index contributed by atoms with van der Waals surface area (Å²) in [5.74, 6) is 1.04. The van der Waals surface area contributed by atoms with E-state index in [-0.39, 0.29) is 5.91 Å². The van der Waals surface area contributed by atoms with Gasteiger partial charge in [0.25, 0.3) is 0 Å². The van der Waals surface area contributed by atoms with Crippen LogP contribution >= 0.6 is 0 Å². The van der Waals surface area contributed by atoms with Gasteiger partial charge in [-0.1, -0.05) is 0 Å². The van der Waals surface area contributed by atoms with Crippen molar-refractivity contribution in [1.82, 2.24) is 20.6 Å². The van der Waals surface area contributed by atoms with Crippen molar-refractivity contribution >= 4 is 5.91 Å². The molecule has 0 radical (unpaired) electrons. The van der Waals surface area contributed by atoms with Crippen LogP contribution in [0.1, 0.15) is 24.8 Å². The predicted molar refractivity (Wildman–Crippen MR) is 72.6 cm³/mol. The largest absolute Gasteiger partial charge is 0.481 e. The van der Waals surface area contributed by atoms with Gasteiger partial charge in [0, 0.05) is 25.6 Å². The molecule has 1 aromatic heterocycles. The molecule has 1 aliphatic rings. The zero-order chi connectivity index (χ0) is 14.4. The molecule has 2 rings (SSSR count). The molecule has 1 fully saturated rings. The average Bonchev–Trinajstić information content (AvgIpc) is 3.27. The van der Waals surface area contributed by atoms with E-state index in [0.717, 1.165) is 18.4 Å². The highest BCUT2D eigenvalue weighted by molar-refractivity contribution is 5.76. The van der Waals surface area contributed by atoms with Gasteiger partial charge in [-0.2, -0.15) is 0 Å². The monoisotopic (exact) mass is 280 g/mol. The molecule has 7 nitrogen and oxygen atoms in total. The number of nitrogens with zero attached hydrogens (tertiary/aromatic N) is 2. The summed E-state index contributed by atoms with van der Waals surface area (Å²) in [6, 6.07) is 0.408. The summed E-state index contributed by atoms with van der Waals surface area (Å²) in [6.07, 6.45) is 4.06. The third-order valence-electron chi connectivity index (χ3n) is 3.03. The molecule has 1 saturated carbocycles. The number of ether oxygens (including phenoxy) is 2. The average molecular weight is 280 g/mol. The van der Waals surface area contributed by atoms with E-state index < -0.39 is 0 Å². The summed E-state index contributed by atoms with van der Waals surface area (Å²) < 4.78 is 10.4. The minimum atomic E-state index is 0.0863. The molecule has 0 spiro atoms. The van der Waals surface area contributed by atoms with E-state index in [1.165, 1.54) is 6.33 Å². The summed E-state index contributed by atoms with van der Waals surface area (Å²) in [7, 11) is 3.10. The second-order valence-corrected chi connectivity index (χ2v) is 4.64. The zero-order valence-electron chi connectivity index (χ0n) is 11.8. The van der Waals surface area contributed by atoms with Crippen molar-refractivity contribution in [2.75, 3.05) is 20.8 Å². The second-order valence-electron chi connectivity index (χ2n) is 4.64. The lowest BCUT2D eigenvalue weighted by Gasteiger charge is -2.11. The van der Waals surface area contributed by atoms with Gasteiger partial charge < -0.3 is 20.1 Å². The lowest BCUT2D eigenvalue weighted by atomic mass is 10.3. The minimum absolute atomic E-state index is 0.0863. The maximum absolute atomic E-state index is 11.5. The molecule has 0 bridgehead atoms. The molecule has 0 saturated heterocycles. The first kappa shape index (κ1) is 14.5. The van der Waals surface area contributed by atoms with E-state index >= 15 is 0 Å². The van der Waals surface area contributed by atoms with Crippen molar-refractivity contribution in [1.29, 1.82) is 0 Å². The van der Waals surface area contributed by atoms with Crippen LogP contribution in [-0.4, -0.2) is 42.7 Å². The Kier molecular flexibility index (Phi) is 5.11. The quantitative estimate of drug-likeness (QED) is 0.664. The number of nitrogens with one attached hydrogen (secondary N) is 2. The molecule has 7 heteroatoms. The summed E-state index contributed by atoms with van der Waals surface area (Å²) in [6.45, 7) is 1.07. The highest BCUT2D eigenvalue weighted by Crippen LogP contribution is 2.22. The van der Waals surface area contributed by atoms with Gasteiger partial charge in [-0.15, -0.1) is 0 Å². The predicted octanol–water partition coefficient (Wildman–Crippen LogP) is 0.252. The van der Waals surface area contributed by atoms with Gasteiger partial charge in [0.1, 0.15) is 6.33 Å². The van der Waals surface area contributed by atoms with Crippen LogP contribution in [0.25, 0.3) is 0 Å².